The summed E-state index contributed by atoms with van der Waals surface area (Å²) in [5.74, 6) is 0.109. The van der Waals surface area contributed by atoms with Gasteiger partial charge in [-0.3, -0.25) is 4.79 Å². The fraction of sp³-hybridized carbons (Fsp3) is 0.296. The number of carbonyl (C=O) groups is 1. The number of sulfonamides is 1. The number of amides is 1. The van der Waals surface area contributed by atoms with Crippen LogP contribution in [0.2, 0.25) is 0 Å². The average molecular weight is 512 g/mol. The lowest BCUT2D eigenvalue weighted by molar-refractivity contribution is 0.0746. The summed E-state index contributed by atoms with van der Waals surface area (Å²) in [6.45, 7) is 4.27. The lowest BCUT2D eigenvalue weighted by atomic mass is 10.1. The van der Waals surface area contributed by atoms with Crippen LogP contribution in [0.1, 0.15) is 22.8 Å². The first-order valence-electron chi connectivity index (χ1n) is 11.9. The van der Waals surface area contributed by atoms with Crippen LogP contribution in [-0.2, 0) is 16.6 Å². The fourth-order valence-electron chi connectivity index (χ4n) is 4.27. The molecule has 0 aliphatic carbocycles. The van der Waals surface area contributed by atoms with Gasteiger partial charge in [-0.1, -0.05) is 30.3 Å². The minimum atomic E-state index is -3.71. The molecule has 3 aromatic rings. The zero-order chi connectivity index (χ0) is 25.7. The van der Waals surface area contributed by atoms with Gasteiger partial charge in [0.05, 0.1) is 17.2 Å². The molecule has 0 aromatic heterocycles. The number of nitrogens with zero attached hydrogens (tertiary/aromatic N) is 3. The van der Waals surface area contributed by atoms with Crippen molar-refractivity contribution in [1.82, 2.24) is 9.21 Å². The monoisotopic (exact) mass is 511 g/mol. The van der Waals surface area contributed by atoms with Gasteiger partial charge in [0.25, 0.3) is 5.91 Å². The number of ether oxygens (including phenoxy) is 1. The minimum absolute atomic E-state index is 0.0503. The molecule has 36 heavy (non-hydrogen) atoms. The maximum atomic E-state index is 14.2. The van der Waals surface area contributed by atoms with Gasteiger partial charge >= 0.3 is 0 Å². The Labute approximate surface area is 211 Å². The third-order valence-corrected chi connectivity index (χ3v) is 8.03. The molecular weight excluding hydrogens is 481 g/mol. The van der Waals surface area contributed by atoms with E-state index in [1.165, 1.54) is 17.4 Å². The summed E-state index contributed by atoms with van der Waals surface area (Å²) in [5, 5.41) is 0. The number of halogens is 1. The molecule has 3 aromatic carbocycles. The molecule has 1 heterocycles. The summed E-state index contributed by atoms with van der Waals surface area (Å²) in [6, 6.07) is 20.0. The molecule has 1 aliphatic rings. The topological polar surface area (TPSA) is 70.2 Å². The number of benzene rings is 3. The van der Waals surface area contributed by atoms with Crippen LogP contribution in [0, 0.1) is 5.82 Å². The average Bonchev–Trinajstić information content (AvgIpc) is 2.90. The molecule has 4 rings (SSSR count). The smallest absolute Gasteiger partial charge is 0.253 e. The van der Waals surface area contributed by atoms with Crippen molar-refractivity contribution in [2.75, 3.05) is 44.7 Å². The van der Waals surface area contributed by atoms with E-state index in [1.807, 2.05) is 11.8 Å². The molecule has 0 N–H and O–H groups in total. The molecule has 1 fully saturated rings. The summed E-state index contributed by atoms with van der Waals surface area (Å²) < 4.78 is 47.2. The van der Waals surface area contributed by atoms with Gasteiger partial charge in [0.15, 0.2) is 0 Å². The van der Waals surface area contributed by atoms with Crippen LogP contribution in [0.4, 0.5) is 10.1 Å². The van der Waals surface area contributed by atoms with Gasteiger partial charge in [-0.2, -0.15) is 4.31 Å². The molecular formula is C27H30FN3O4S. The van der Waals surface area contributed by atoms with E-state index >= 15 is 0 Å². The van der Waals surface area contributed by atoms with Crippen molar-refractivity contribution in [3.63, 3.8) is 0 Å². The molecule has 1 saturated heterocycles. The number of anilines is 1. The first-order chi connectivity index (χ1) is 17.3. The molecule has 190 valence electrons. The van der Waals surface area contributed by atoms with E-state index < -0.39 is 10.0 Å². The van der Waals surface area contributed by atoms with E-state index in [1.54, 1.807) is 71.6 Å². The second-order valence-electron chi connectivity index (χ2n) is 8.56. The Morgan fingerprint density at radius 1 is 0.972 bits per heavy atom. The standard InChI is InChI=1S/C27H30FN3O4S/c1-3-35-26-14-13-21(19-22(26)20-29(2)36(33,34)23-9-5-4-6-10-23)27(32)31-17-15-30(16-18-31)25-12-8-7-11-24(25)28/h4-14,19H,3,15-18,20H2,1-2H3. The lowest BCUT2D eigenvalue weighted by Gasteiger charge is -2.36. The summed E-state index contributed by atoms with van der Waals surface area (Å²) in [5.41, 5.74) is 1.60. The van der Waals surface area contributed by atoms with Crippen molar-refractivity contribution in [2.24, 2.45) is 0 Å². The molecule has 0 saturated carbocycles. The predicted octanol–water partition coefficient (Wildman–Crippen LogP) is 4.01. The largest absolute Gasteiger partial charge is 0.494 e. The number of para-hydroxylation sites is 1. The number of hydrogen-bond acceptors (Lipinski definition) is 5. The second kappa shape index (κ2) is 11.1. The Kier molecular flexibility index (Phi) is 7.91. The quantitative estimate of drug-likeness (QED) is 0.457. The van der Waals surface area contributed by atoms with Gasteiger partial charge < -0.3 is 14.5 Å². The van der Waals surface area contributed by atoms with Crippen LogP contribution in [0.5, 0.6) is 5.75 Å². The first kappa shape index (κ1) is 25.7. The van der Waals surface area contributed by atoms with Crippen molar-refractivity contribution in [1.29, 1.82) is 0 Å². The van der Waals surface area contributed by atoms with E-state index in [0.29, 0.717) is 55.3 Å². The zero-order valence-electron chi connectivity index (χ0n) is 20.4. The predicted molar refractivity (Wildman–Crippen MR) is 137 cm³/mol. The third-order valence-electron chi connectivity index (χ3n) is 6.21. The molecule has 9 heteroatoms. The molecule has 7 nitrogen and oxygen atoms in total. The van der Waals surface area contributed by atoms with Gasteiger partial charge in [0.1, 0.15) is 11.6 Å². The molecule has 1 aliphatic heterocycles. The van der Waals surface area contributed by atoms with E-state index in [-0.39, 0.29) is 23.2 Å². The van der Waals surface area contributed by atoms with Crippen LogP contribution < -0.4 is 9.64 Å². The van der Waals surface area contributed by atoms with Gasteiger partial charge in [-0.05, 0) is 49.4 Å². The number of carbonyl (C=O) groups excluding carboxylic acids is 1. The summed E-state index contributed by atoms with van der Waals surface area (Å²) in [4.78, 5) is 17.2. The maximum absolute atomic E-state index is 14.2. The molecule has 0 spiro atoms. The third kappa shape index (κ3) is 5.52. The number of hydrogen-bond donors (Lipinski definition) is 0. The number of piperazine rings is 1. The van der Waals surface area contributed by atoms with Crippen molar-refractivity contribution >= 4 is 21.6 Å². The van der Waals surface area contributed by atoms with Crippen LogP contribution in [-0.4, -0.2) is 63.4 Å². The van der Waals surface area contributed by atoms with Crippen molar-refractivity contribution in [2.45, 2.75) is 18.4 Å². The molecule has 0 unspecified atom stereocenters. The van der Waals surface area contributed by atoms with Crippen molar-refractivity contribution in [3.8, 4) is 5.75 Å². The zero-order valence-corrected chi connectivity index (χ0v) is 21.2. The highest BCUT2D eigenvalue weighted by Gasteiger charge is 2.26. The summed E-state index contributed by atoms with van der Waals surface area (Å²) >= 11 is 0. The Balaban J connectivity index is 1.50. The van der Waals surface area contributed by atoms with Gasteiger partial charge in [0, 0.05) is 50.9 Å². The van der Waals surface area contributed by atoms with E-state index in [4.69, 9.17) is 4.74 Å². The van der Waals surface area contributed by atoms with Crippen LogP contribution in [0.15, 0.2) is 77.7 Å². The van der Waals surface area contributed by atoms with Gasteiger partial charge in [0.2, 0.25) is 10.0 Å². The first-order valence-corrected chi connectivity index (χ1v) is 13.3. The summed E-state index contributed by atoms with van der Waals surface area (Å²) in [6.07, 6.45) is 0. The van der Waals surface area contributed by atoms with Crippen molar-refractivity contribution < 1.29 is 22.3 Å². The van der Waals surface area contributed by atoms with Crippen LogP contribution in [0.25, 0.3) is 0 Å². The summed E-state index contributed by atoms with van der Waals surface area (Å²) in [7, 11) is -2.20. The highest BCUT2D eigenvalue weighted by atomic mass is 32.2. The molecule has 1 amide bonds. The maximum Gasteiger partial charge on any atom is 0.253 e. The minimum Gasteiger partial charge on any atom is -0.494 e. The SMILES string of the molecule is CCOc1ccc(C(=O)N2CCN(c3ccccc3F)CC2)cc1CN(C)S(=O)(=O)c1ccccc1. The fourth-order valence-corrected chi connectivity index (χ4v) is 5.44. The highest BCUT2D eigenvalue weighted by Crippen LogP contribution is 2.26. The van der Waals surface area contributed by atoms with Crippen LogP contribution >= 0.6 is 0 Å². The Hall–Kier alpha value is -3.43. The van der Waals surface area contributed by atoms with Gasteiger partial charge in [-0.15, -0.1) is 0 Å². The van der Waals surface area contributed by atoms with Crippen molar-refractivity contribution in [3.05, 3.63) is 89.7 Å². The normalized spacial score (nSPS) is 14.2. The molecule has 0 atom stereocenters. The Morgan fingerprint density at radius 3 is 2.31 bits per heavy atom. The van der Waals surface area contributed by atoms with Crippen LogP contribution in [0.3, 0.4) is 0 Å². The van der Waals surface area contributed by atoms with E-state index in [0.717, 1.165) is 0 Å². The van der Waals surface area contributed by atoms with Gasteiger partial charge in [-0.25, -0.2) is 12.8 Å². The Morgan fingerprint density at radius 2 is 1.64 bits per heavy atom. The number of rotatable bonds is 8. The highest BCUT2D eigenvalue weighted by molar-refractivity contribution is 7.89. The second-order valence-corrected chi connectivity index (χ2v) is 10.6. The van der Waals surface area contributed by atoms with E-state index in [9.17, 15) is 17.6 Å². The van der Waals surface area contributed by atoms with E-state index in [2.05, 4.69) is 0 Å². The molecule has 0 radical (unpaired) electrons. The lowest BCUT2D eigenvalue weighted by Crippen LogP contribution is -2.49. The molecule has 0 bridgehead atoms. The Bertz CT molecular complexity index is 1310.